The van der Waals surface area contributed by atoms with E-state index >= 15 is 0 Å². The molecule has 0 saturated carbocycles. The van der Waals surface area contributed by atoms with E-state index in [2.05, 4.69) is 9.97 Å². The van der Waals surface area contributed by atoms with E-state index < -0.39 is 11.7 Å². The number of allylic oxidation sites excluding steroid dienone is 1. The number of thioether (sulfide) groups is 2. The maximum absolute atomic E-state index is 13.2. The fourth-order valence-electron chi connectivity index (χ4n) is 2.16. The van der Waals surface area contributed by atoms with Crippen molar-refractivity contribution < 1.29 is 13.2 Å². The third-order valence-corrected chi connectivity index (χ3v) is 5.61. The Bertz CT molecular complexity index is 1030. The first-order valence-electron chi connectivity index (χ1n) is 6.78. The van der Waals surface area contributed by atoms with E-state index in [1.54, 1.807) is 12.1 Å². The summed E-state index contributed by atoms with van der Waals surface area (Å²) in [4.78, 5) is 8.01. The molecule has 2 aromatic rings. The molecule has 1 aromatic heterocycles. The zero-order valence-electron chi connectivity index (χ0n) is 12.5. The summed E-state index contributed by atoms with van der Waals surface area (Å²) in [7, 11) is 0. The minimum absolute atomic E-state index is 0.162. The lowest BCUT2D eigenvalue weighted by molar-refractivity contribution is -0.137. The molecular weight excluding hydrogens is 383 g/mol. The van der Waals surface area contributed by atoms with Crippen LogP contribution in [-0.4, -0.2) is 9.97 Å². The first kappa shape index (κ1) is 17.8. The minimum atomic E-state index is -4.61. The third-order valence-electron chi connectivity index (χ3n) is 3.24. The van der Waals surface area contributed by atoms with Crippen molar-refractivity contribution in [3.8, 4) is 18.2 Å². The number of nitriles is 3. The summed E-state index contributed by atoms with van der Waals surface area (Å²) in [6, 6.07) is 10.1. The molecule has 0 unspecified atom stereocenters. The molecule has 0 fully saturated rings. The molecule has 5 nitrogen and oxygen atoms in total. The van der Waals surface area contributed by atoms with Crippen LogP contribution in [0.4, 0.5) is 13.2 Å². The number of hydrogen-bond donors (Lipinski definition) is 0. The van der Waals surface area contributed by atoms with E-state index in [0.717, 1.165) is 29.6 Å². The van der Waals surface area contributed by atoms with Crippen molar-refractivity contribution in [3.63, 3.8) is 0 Å². The fraction of sp³-hybridized carbons (Fsp3) is 0.0625. The van der Waals surface area contributed by atoms with Crippen LogP contribution in [-0.2, 0) is 6.18 Å². The molecule has 1 aliphatic rings. The zero-order valence-corrected chi connectivity index (χ0v) is 14.1. The van der Waals surface area contributed by atoms with Crippen LogP contribution >= 0.6 is 23.5 Å². The second-order valence-corrected chi connectivity index (χ2v) is 7.03. The van der Waals surface area contributed by atoms with Crippen molar-refractivity contribution in [1.82, 2.24) is 9.97 Å². The monoisotopic (exact) mass is 387 g/mol. The predicted octanol–water partition coefficient (Wildman–Crippen LogP) is 4.33. The molecule has 0 spiro atoms. The summed E-state index contributed by atoms with van der Waals surface area (Å²) in [6.45, 7) is 0. The number of benzene rings is 1. The molecule has 1 aliphatic heterocycles. The Hall–Kier alpha value is -3.00. The Morgan fingerprint density at radius 3 is 1.92 bits per heavy atom. The fourth-order valence-corrected chi connectivity index (χ4v) is 4.45. The van der Waals surface area contributed by atoms with E-state index in [4.69, 9.17) is 10.5 Å². The Morgan fingerprint density at radius 2 is 1.46 bits per heavy atom. The summed E-state index contributed by atoms with van der Waals surface area (Å²) in [5.74, 6) is 0. The topological polar surface area (TPSA) is 97.1 Å². The predicted molar refractivity (Wildman–Crippen MR) is 87.2 cm³/mol. The maximum atomic E-state index is 13.2. The number of rotatable bonds is 1. The Balaban J connectivity index is 2.14. The van der Waals surface area contributed by atoms with Gasteiger partial charge in [-0.25, -0.2) is 9.97 Å². The molecule has 0 radical (unpaired) electrons. The van der Waals surface area contributed by atoms with Gasteiger partial charge in [-0.3, -0.25) is 0 Å². The number of hydrogen-bond acceptors (Lipinski definition) is 7. The number of nitrogens with zero attached hydrogens (tertiary/aromatic N) is 5. The van der Waals surface area contributed by atoms with Gasteiger partial charge in [0.05, 0.1) is 15.4 Å². The first-order chi connectivity index (χ1) is 12.4. The van der Waals surface area contributed by atoms with Crippen LogP contribution in [0.15, 0.2) is 38.6 Å². The lowest BCUT2D eigenvalue weighted by Gasteiger charge is -2.12. The van der Waals surface area contributed by atoms with Crippen molar-refractivity contribution in [3.05, 3.63) is 51.0 Å². The van der Waals surface area contributed by atoms with Gasteiger partial charge in [-0.1, -0.05) is 41.7 Å². The first-order valence-corrected chi connectivity index (χ1v) is 8.41. The lowest BCUT2D eigenvalue weighted by atomic mass is 10.0. The Morgan fingerprint density at radius 1 is 0.923 bits per heavy atom. The molecular formula is C16H4F3N5S2. The highest BCUT2D eigenvalue weighted by atomic mass is 32.2. The molecule has 2 heterocycles. The van der Waals surface area contributed by atoms with E-state index in [0.29, 0.717) is 0 Å². The zero-order chi connectivity index (χ0) is 18.9. The lowest BCUT2D eigenvalue weighted by Crippen LogP contribution is -2.08. The van der Waals surface area contributed by atoms with Crippen LogP contribution in [0, 0.1) is 34.0 Å². The summed E-state index contributed by atoms with van der Waals surface area (Å²) >= 11 is 1.90. The van der Waals surface area contributed by atoms with Crippen molar-refractivity contribution in [2.75, 3.05) is 0 Å². The van der Waals surface area contributed by atoms with E-state index in [1.807, 2.05) is 6.07 Å². The molecule has 10 heteroatoms. The highest BCUT2D eigenvalue weighted by Gasteiger charge is 2.35. The van der Waals surface area contributed by atoms with Crippen LogP contribution < -0.4 is 0 Å². The molecule has 126 valence electrons. The second-order valence-electron chi connectivity index (χ2n) is 4.78. The standard InChI is InChI=1S/C16H4F3N5S2/c17-16(18,19)10-4-2-1-3-8(10)9(5-20)15-25-13-14(26-15)24-12(7-22)11(6-21)23-13/h1-4H. The molecule has 0 bridgehead atoms. The summed E-state index contributed by atoms with van der Waals surface area (Å²) in [5.41, 5.74) is -1.67. The van der Waals surface area contributed by atoms with E-state index in [-0.39, 0.29) is 36.8 Å². The summed E-state index contributed by atoms with van der Waals surface area (Å²) in [5, 5.41) is 28.0. The number of alkyl halides is 3. The van der Waals surface area contributed by atoms with Crippen molar-refractivity contribution in [2.45, 2.75) is 16.2 Å². The van der Waals surface area contributed by atoms with Crippen LogP contribution in [0.25, 0.3) is 5.57 Å². The van der Waals surface area contributed by atoms with Crippen LogP contribution in [0.1, 0.15) is 22.5 Å². The molecule has 1 aromatic carbocycles. The van der Waals surface area contributed by atoms with Gasteiger partial charge >= 0.3 is 6.18 Å². The van der Waals surface area contributed by atoms with Gasteiger partial charge < -0.3 is 0 Å². The van der Waals surface area contributed by atoms with E-state index in [1.165, 1.54) is 18.2 Å². The van der Waals surface area contributed by atoms with Gasteiger partial charge in [0.25, 0.3) is 0 Å². The van der Waals surface area contributed by atoms with Gasteiger partial charge in [0.2, 0.25) is 0 Å². The molecule has 0 amide bonds. The summed E-state index contributed by atoms with van der Waals surface area (Å²) in [6.07, 6.45) is -4.61. The molecule has 26 heavy (non-hydrogen) atoms. The van der Waals surface area contributed by atoms with Crippen molar-refractivity contribution in [2.24, 2.45) is 0 Å². The molecule has 3 rings (SSSR count). The quantitative estimate of drug-likeness (QED) is 0.672. The van der Waals surface area contributed by atoms with Crippen molar-refractivity contribution in [1.29, 1.82) is 15.8 Å². The van der Waals surface area contributed by atoms with Gasteiger partial charge in [-0.15, -0.1) is 0 Å². The van der Waals surface area contributed by atoms with E-state index in [9.17, 15) is 18.4 Å². The normalized spacial score (nSPS) is 12.7. The highest BCUT2D eigenvalue weighted by molar-refractivity contribution is 8.24. The smallest absolute Gasteiger partial charge is 0.224 e. The largest absolute Gasteiger partial charge is 0.417 e. The van der Waals surface area contributed by atoms with Crippen molar-refractivity contribution >= 4 is 29.1 Å². The Labute approximate surface area is 153 Å². The van der Waals surface area contributed by atoms with Gasteiger partial charge in [0, 0.05) is 5.56 Å². The average molecular weight is 387 g/mol. The Kier molecular flexibility index (Phi) is 4.60. The average Bonchev–Trinajstić information content (AvgIpc) is 3.03. The van der Waals surface area contributed by atoms with Gasteiger partial charge in [-0.05, 0) is 6.07 Å². The van der Waals surface area contributed by atoms with Crippen LogP contribution in [0.3, 0.4) is 0 Å². The molecule has 0 aliphatic carbocycles. The number of fused-ring (bicyclic) bond motifs is 1. The van der Waals surface area contributed by atoms with Gasteiger partial charge in [0.1, 0.15) is 28.3 Å². The third kappa shape index (κ3) is 3.11. The minimum Gasteiger partial charge on any atom is -0.224 e. The second kappa shape index (κ2) is 6.72. The van der Waals surface area contributed by atoms with Gasteiger partial charge in [0.15, 0.2) is 11.4 Å². The molecule has 0 N–H and O–H groups in total. The number of halogens is 3. The highest BCUT2D eigenvalue weighted by Crippen LogP contribution is 2.52. The van der Waals surface area contributed by atoms with Crippen LogP contribution in [0.5, 0.6) is 0 Å². The SMILES string of the molecule is N#CC(=C1Sc2nc(C#N)c(C#N)nc2S1)c1ccccc1C(F)(F)F. The van der Waals surface area contributed by atoms with Crippen LogP contribution in [0.2, 0.25) is 0 Å². The number of aromatic nitrogens is 2. The molecule has 0 saturated heterocycles. The van der Waals surface area contributed by atoms with Gasteiger partial charge in [-0.2, -0.15) is 29.0 Å². The molecule has 0 atom stereocenters. The maximum Gasteiger partial charge on any atom is 0.417 e. The summed E-state index contributed by atoms with van der Waals surface area (Å²) < 4.78 is 40.0.